The quantitative estimate of drug-likeness (QED) is 0.631. The lowest BCUT2D eigenvalue weighted by Crippen LogP contribution is -2.07. The Morgan fingerprint density at radius 2 is 2.50 bits per heavy atom. The van der Waals surface area contributed by atoms with Gasteiger partial charge in [0.25, 0.3) is 0 Å². The molecule has 1 aliphatic rings. The second-order valence-corrected chi connectivity index (χ2v) is 4.81. The summed E-state index contributed by atoms with van der Waals surface area (Å²) in [6, 6.07) is 0. The lowest BCUT2D eigenvalue weighted by atomic mass is 10.0. The normalized spacial score (nSPS) is 28.3. The molecular formula is C8H14S2. The molecule has 0 bridgehead atoms. The lowest BCUT2D eigenvalue weighted by molar-refractivity contribution is 0.765. The van der Waals surface area contributed by atoms with E-state index in [0.717, 1.165) is 11.2 Å². The molecule has 10 heavy (non-hydrogen) atoms. The average molecular weight is 174 g/mol. The Hall–Kier alpha value is 0.440. The Bertz CT molecular complexity index is 140. The van der Waals surface area contributed by atoms with E-state index in [2.05, 4.69) is 25.5 Å². The molecule has 0 saturated heterocycles. The minimum atomic E-state index is 0.727. The zero-order valence-corrected chi connectivity index (χ0v) is 8.39. The van der Waals surface area contributed by atoms with Crippen LogP contribution in [-0.2, 0) is 0 Å². The fourth-order valence-corrected chi connectivity index (χ4v) is 3.00. The Balaban J connectivity index is 2.53. The van der Waals surface area contributed by atoms with E-state index in [4.69, 9.17) is 0 Å². The van der Waals surface area contributed by atoms with Crippen molar-refractivity contribution in [3.63, 3.8) is 0 Å². The molecule has 1 heterocycles. The third-order valence-corrected chi connectivity index (χ3v) is 4.07. The zero-order chi connectivity index (χ0) is 7.56. The van der Waals surface area contributed by atoms with E-state index in [1.807, 2.05) is 23.5 Å². The minimum absolute atomic E-state index is 0.727. The van der Waals surface area contributed by atoms with Crippen molar-refractivity contribution < 1.29 is 0 Å². The van der Waals surface area contributed by atoms with Gasteiger partial charge in [0.05, 0.1) is 0 Å². The van der Waals surface area contributed by atoms with Crippen molar-refractivity contribution in [3.05, 3.63) is 11.0 Å². The van der Waals surface area contributed by atoms with Crippen LogP contribution < -0.4 is 0 Å². The Kier molecular flexibility index (Phi) is 3.18. The molecular weight excluding hydrogens is 160 g/mol. The molecule has 58 valence electrons. The largest absolute Gasteiger partial charge is 0.158 e. The molecule has 2 atom stereocenters. The summed E-state index contributed by atoms with van der Waals surface area (Å²) in [7, 11) is 0. The summed E-state index contributed by atoms with van der Waals surface area (Å²) >= 11 is 3.90. The van der Waals surface area contributed by atoms with Crippen molar-refractivity contribution in [2.75, 3.05) is 12.0 Å². The van der Waals surface area contributed by atoms with Gasteiger partial charge in [-0.25, -0.2) is 0 Å². The molecule has 1 aliphatic heterocycles. The standard InChI is InChI=1S/C8H14S2/c1-6-4-10-5-8(6)7(2)9-3/h5-7H,4H2,1-3H3. The molecule has 0 aromatic heterocycles. The maximum Gasteiger partial charge on any atom is 0.0236 e. The third-order valence-electron chi connectivity index (χ3n) is 1.96. The summed E-state index contributed by atoms with van der Waals surface area (Å²) in [5, 5.41) is 3.07. The first-order valence-corrected chi connectivity index (χ1v) is 5.93. The molecule has 2 heteroatoms. The highest BCUT2D eigenvalue weighted by atomic mass is 32.2. The van der Waals surface area contributed by atoms with Gasteiger partial charge in [-0.05, 0) is 30.1 Å². The first kappa shape index (κ1) is 8.54. The van der Waals surface area contributed by atoms with Crippen molar-refractivity contribution in [1.29, 1.82) is 0 Å². The monoisotopic (exact) mass is 174 g/mol. The van der Waals surface area contributed by atoms with E-state index >= 15 is 0 Å². The van der Waals surface area contributed by atoms with Gasteiger partial charge in [-0.2, -0.15) is 11.8 Å². The molecule has 0 aromatic rings. The van der Waals surface area contributed by atoms with Gasteiger partial charge in [0.15, 0.2) is 0 Å². The minimum Gasteiger partial charge on any atom is -0.158 e. The number of thioether (sulfide) groups is 2. The van der Waals surface area contributed by atoms with Crippen LogP contribution in [0.2, 0.25) is 0 Å². The molecule has 0 nitrogen and oxygen atoms in total. The van der Waals surface area contributed by atoms with Gasteiger partial charge < -0.3 is 0 Å². The van der Waals surface area contributed by atoms with Crippen molar-refractivity contribution in [2.24, 2.45) is 5.92 Å². The number of rotatable bonds is 2. The zero-order valence-electron chi connectivity index (χ0n) is 6.76. The van der Waals surface area contributed by atoms with Crippen LogP contribution >= 0.6 is 23.5 Å². The first-order valence-electron chi connectivity index (χ1n) is 3.60. The van der Waals surface area contributed by atoms with E-state index in [1.165, 1.54) is 5.75 Å². The molecule has 0 amide bonds. The summed E-state index contributed by atoms with van der Waals surface area (Å²) in [4.78, 5) is 0. The van der Waals surface area contributed by atoms with Gasteiger partial charge in [-0.3, -0.25) is 0 Å². The predicted octanol–water partition coefficient (Wildman–Crippen LogP) is 3.00. The Morgan fingerprint density at radius 1 is 1.80 bits per heavy atom. The number of hydrogen-bond donors (Lipinski definition) is 0. The van der Waals surface area contributed by atoms with Crippen molar-refractivity contribution in [2.45, 2.75) is 19.1 Å². The van der Waals surface area contributed by atoms with Gasteiger partial charge in [-0.15, -0.1) is 11.8 Å². The summed E-state index contributed by atoms with van der Waals surface area (Å²) in [5.41, 5.74) is 1.64. The van der Waals surface area contributed by atoms with Crippen LogP contribution in [0.1, 0.15) is 13.8 Å². The fraction of sp³-hybridized carbons (Fsp3) is 0.750. The van der Waals surface area contributed by atoms with E-state index in [-0.39, 0.29) is 0 Å². The van der Waals surface area contributed by atoms with Crippen LogP contribution in [0.3, 0.4) is 0 Å². The molecule has 1 rings (SSSR count). The summed E-state index contributed by atoms with van der Waals surface area (Å²) in [6.45, 7) is 4.61. The van der Waals surface area contributed by atoms with Crippen LogP contribution in [0, 0.1) is 5.92 Å². The van der Waals surface area contributed by atoms with E-state index in [9.17, 15) is 0 Å². The van der Waals surface area contributed by atoms with Gasteiger partial charge in [-0.1, -0.05) is 6.92 Å². The van der Waals surface area contributed by atoms with Gasteiger partial charge in [0.1, 0.15) is 0 Å². The summed E-state index contributed by atoms with van der Waals surface area (Å²) in [5.74, 6) is 2.10. The number of hydrogen-bond acceptors (Lipinski definition) is 2. The molecule has 0 radical (unpaired) electrons. The van der Waals surface area contributed by atoms with Gasteiger partial charge in [0, 0.05) is 11.0 Å². The SMILES string of the molecule is CSC(C)C1=CSCC1C. The van der Waals surface area contributed by atoms with Crippen LogP contribution in [0.4, 0.5) is 0 Å². The van der Waals surface area contributed by atoms with Crippen molar-refractivity contribution >= 4 is 23.5 Å². The third kappa shape index (κ3) is 1.73. The maximum atomic E-state index is 2.34. The molecule has 0 aliphatic carbocycles. The first-order chi connectivity index (χ1) is 4.75. The van der Waals surface area contributed by atoms with E-state index < -0.39 is 0 Å². The van der Waals surface area contributed by atoms with Gasteiger partial charge in [0.2, 0.25) is 0 Å². The molecule has 0 fully saturated rings. The van der Waals surface area contributed by atoms with Crippen molar-refractivity contribution in [3.8, 4) is 0 Å². The maximum absolute atomic E-state index is 2.34. The highest BCUT2D eigenvalue weighted by molar-refractivity contribution is 8.02. The van der Waals surface area contributed by atoms with Crippen LogP contribution in [0.25, 0.3) is 0 Å². The highest BCUT2D eigenvalue weighted by Gasteiger charge is 2.18. The molecule has 0 aromatic carbocycles. The topological polar surface area (TPSA) is 0 Å². The van der Waals surface area contributed by atoms with Crippen LogP contribution in [-0.4, -0.2) is 17.3 Å². The Labute approximate surface area is 71.8 Å². The molecule has 0 N–H and O–H groups in total. The fourth-order valence-electron chi connectivity index (χ4n) is 1.13. The predicted molar refractivity (Wildman–Crippen MR) is 52.7 cm³/mol. The summed E-state index contributed by atoms with van der Waals surface area (Å²) in [6.07, 6.45) is 2.18. The molecule has 2 unspecified atom stereocenters. The van der Waals surface area contributed by atoms with Crippen LogP contribution in [0.5, 0.6) is 0 Å². The lowest BCUT2D eigenvalue weighted by Gasteiger charge is -2.13. The molecule has 0 spiro atoms. The average Bonchev–Trinajstić information content (AvgIpc) is 2.34. The van der Waals surface area contributed by atoms with Crippen LogP contribution in [0.15, 0.2) is 11.0 Å². The highest BCUT2D eigenvalue weighted by Crippen LogP contribution is 2.33. The van der Waals surface area contributed by atoms with E-state index in [0.29, 0.717) is 0 Å². The smallest absolute Gasteiger partial charge is 0.0236 e. The second-order valence-electron chi connectivity index (χ2n) is 2.73. The van der Waals surface area contributed by atoms with Crippen molar-refractivity contribution in [1.82, 2.24) is 0 Å². The summed E-state index contributed by atoms with van der Waals surface area (Å²) < 4.78 is 0. The Morgan fingerprint density at radius 3 is 2.90 bits per heavy atom. The van der Waals surface area contributed by atoms with E-state index in [1.54, 1.807) is 5.57 Å². The molecule has 0 saturated carbocycles. The van der Waals surface area contributed by atoms with Gasteiger partial charge >= 0.3 is 0 Å². The second kappa shape index (κ2) is 3.72.